The monoisotopic (exact) mass is 362 g/mol. The van der Waals surface area contributed by atoms with E-state index >= 15 is 0 Å². The van der Waals surface area contributed by atoms with Crippen LogP contribution >= 0.6 is 0 Å². The van der Waals surface area contributed by atoms with Crippen molar-refractivity contribution in [3.8, 4) is 0 Å². The number of hydrogen-bond donors (Lipinski definition) is 0. The Balaban J connectivity index is 2.29. The van der Waals surface area contributed by atoms with Crippen LogP contribution in [0.15, 0.2) is 89.3 Å². The first-order valence-corrected chi connectivity index (χ1v) is 10.5. The first-order chi connectivity index (χ1) is 13.0. The maximum absolute atomic E-state index is 4.26. The van der Waals surface area contributed by atoms with Gasteiger partial charge in [-0.25, -0.2) is 0 Å². The van der Waals surface area contributed by atoms with Gasteiger partial charge in [-0.2, -0.15) is 0 Å². The standard InChI is InChI=1S/C27H38/c1-7-12-25(8-2)19-17-23(5)16-15-22(4)13-10-11-14-27-21-26(9-3)20-18-24(27)6/h7,9,17,19,21H,4-6,8,10-11,13-16,18,20H2,1-3H3. The minimum absolute atomic E-state index is 0.995. The van der Waals surface area contributed by atoms with E-state index in [2.05, 4.69) is 63.6 Å². The van der Waals surface area contributed by atoms with Crippen LogP contribution in [0.1, 0.15) is 78.6 Å². The van der Waals surface area contributed by atoms with Gasteiger partial charge in [-0.15, -0.1) is 5.73 Å². The van der Waals surface area contributed by atoms with Crippen molar-refractivity contribution in [2.75, 3.05) is 0 Å². The molecule has 0 N–H and O–H groups in total. The van der Waals surface area contributed by atoms with Gasteiger partial charge in [-0.05, 0) is 88.9 Å². The van der Waals surface area contributed by atoms with Gasteiger partial charge in [-0.3, -0.25) is 0 Å². The van der Waals surface area contributed by atoms with E-state index in [1.807, 2.05) is 13.0 Å². The molecule has 0 bridgehead atoms. The maximum atomic E-state index is 4.26. The van der Waals surface area contributed by atoms with E-state index in [4.69, 9.17) is 0 Å². The molecule has 0 heterocycles. The third-order valence-electron chi connectivity index (χ3n) is 5.16. The molecule has 0 aromatic rings. The Morgan fingerprint density at radius 2 is 1.85 bits per heavy atom. The molecule has 0 aromatic carbocycles. The predicted octanol–water partition coefficient (Wildman–Crippen LogP) is 8.73. The third-order valence-corrected chi connectivity index (χ3v) is 5.16. The van der Waals surface area contributed by atoms with Crippen molar-refractivity contribution in [1.29, 1.82) is 0 Å². The van der Waals surface area contributed by atoms with Crippen molar-refractivity contribution in [1.82, 2.24) is 0 Å². The molecule has 0 atom stereocenters. The average Bonchev–Trinajstić information content (AvgIpc) is 2.68. The number of hydrogen-bond acceptors (Lipinski definition) is 0. The van der Waals surface area contributed by atoms with Crippen molar-refractivity contribution in [2.24, 2.45) is 0 Å². The number of unbranched alkanes of at least 4 members (excludes halogenated alkanes) is 1. The summed E-state index contributed by atoms with van der Waals surface area (Å²) in [4.78, 5) is 0. The van der Waals surface area contributed by atoms with E-state index in [-0.39, 0.29) is 0 Å². The lowest BCUT2D eigenvalue weighted by Gasteiger charge is -2.18. The largest absolute Gasteiger partial charge is 0.122 e. The molecule has 146 valence electrons. The molecular formula is C27H38. The molecule has 1 aliphatic carbocycles. The lowest BCUT2D eigenvalue weighted by Crippen LogP contribution is -1.98. The SMILES string of the molecule is C=C(C=CC(=C=CC)CC)CCC(=C)CCCCC1=CC(=CC)CCC1=C. The average molecular weight is 363 g/mol. The van der Waals surface area contributed by atoms with Crippen molar-refractivity contribution in [3.05, 3.63) is 89.3 Å². The number of rotatable bonds is 11. The first kappa shape index (κ1) is 23.0. The molecule has 0 unspecified atom stereocenters. The molecule has 27 heavy (non-hydrogen) atoms. The molecule has 0 saturated heterocycles. The van der Waals surface area contributed by atoms with Crippen LogP contribution in [0.5, 0.6) is 0 Å². The molecule has 1 rings (SSSR count). The van der Waals surface area contributed by atoms with Crippen molar-refractivity contribution >= 4 is 0 Å². The summed E-state index contributed by atoms with van der Waals surface area (Å²) < 4.78 is 0. The summed E-state index contributed by atoms with van der Waals surface area (Å²) in [6.07, 6.45) is 20.8. The van der Waals surface area contributed by atoms with Crippen LogP contribution in [0.3, 0.4) is 0 Å². The minimum Gasteiger partial charge on any atom is -0.122 e. The van der Waals surface area contributed by atoms with Crippen LogP contribution < -0.4 is 0 Å². The molecule has 0 spiro atoms. The molecule has 0 fully saturated rings. The molecule has 0 aromatic heterocycles. The number of allylic oxidation sites excluding steroid dienone is 10. The van der Waals surface area contributed by atoms with Crippen LogP contribution in [0.25, 0.3) is 0 Å². The summed E-state index contributed by atoms with van der Waals surface area (Å²) in [6, 6.07) is 0. The summed E-state index contributed by atoms with van der Waals surface area (Å²) in [5.41, 5.74) is 11.2. The third kappa shape index (κ3) is 9.45. The Labute approximate surface area is 168 Å². The quantitative estimate of drug-likeness (QED) is 0.149. The van der Waals surface area contributed by atoms with Crippen LogP contribution in [0.2, 0.25) is 0 Å². The maximum Gasteiger partial charge on any atom is -0.00665 e. The molecule has 0 radical (unpaired) electrons. The Morgan fingerprint density at radius 3 is 2.52 bits per heavy atom. The Hall–Kier alpha value is -2.04. The summed E-state index contributed by atoms with van der Waals surface area (Å²) in [5.74, 6) is 0. The Morgan fingerprint density at radius 1 is 1.07 bits per heavy atom. The zero-order valence-electron chi connectivity index (χ0n) is 17.9. The highest BCUT2D eigenvalue weighted by Gasteiger charge is 2.10. The summed E-state index contributed by atoms with van der Waals surface area (Å²) in [6.45, 7) is 19.0. The topological polar surface area (TPSA) is 0 Å². The van der Waals surface area contributed by atoms with Crippen molar-refractivity contribution in [2.45, 2.75) is 78.6 Å². The summed E-state index contributed by atoms with van der Waals surface area (Å²) >= 11 is 0. The smallest absolute Gasteiger partial charge is 0.00665 e. The van der Waals surface area contributed by atoms with Crippen molar-refractivity contribution < 1.29 is 0 Å². The van der Waals surface area contributed by atoms with Gasteiger partial charge in [0.15, 0.2) is 0 Å². The van der Waals surface area contributed by atoms with Crippen LogP contribution in [-0.4, -0.2) is 0 Å². The van der Waals surface area contributed by atoms with E-state index in [0.29, 0.717) is 0 Å². The van der Waals surface area contributed by atoms with Gasteiger partial charge in [0, 0.05) is 0 Å². The molecule has 0 amide bonds. The summed E-state index contributed by atoms with van der Waals surface area (Å²) in [5, 5.41) is 0. The second kappa shape index (κ2) is 13.2. The molecule has 0 heteroatoms. The van der Waals surface area contributed by atoms with Gasteiger partial charge in [-0.1, -0.05) is 73.3 Å². The fourth-order valence-electron chi connectivity index (χ4n) is 3.24. The van der Waals surface area contributed by atoms with Crippen LogP contribution in [-0.2, 0) is 0 Å². The van der Waals surface area contributed by atoms with Crippen LogP contribution in [0, 0.1) is 0 Å². The highest BCUT2D eigenvalue weighted by atomic mass is 14.2. The summed E-state index contributed by atoms with van der Waals surface area (Å²) in [7, 11) is 0. The normalized spacial score (nSPS) is 15.6. The van der Waals surface area contributed by atoms with Gasteiger partial charge >= 0.3 is 0 Å². The fraction of sp³-hybridized carbons (Fsp3) is 0.444. The van der Waals surface area contributed by atoms with Gasteiger partial charge in [0.1, 0.15) is 0 Å². The zero-order valence-corrected chi connectivity index (χ0v) is 17.9. The van der Waals surface area contributed by atoms with Crippen LogP contribution in [0.4, 0.5) is 0 Å². The lowest BCUT2D eigenvalue weighted by molar-refractivity contribution is 0.701. The van der Waals surface area contributed by atoms with E-state index in [1.165, 1.54) is 46.3 Å². The van der Waals surface area contributed by atoms with E-state index in [9.17, 15) is 0 Å². The molecule has 0 saturated carbocycles. The van der Waals surface area contributed by atoms with Gasteiger partial charge in [0.05, 0.1) is 0 Å². The molecule has 0 nitrogen and oxygen atoms in total. The second-order valence-corrected chi connectivity index (χ2v) is 7.40. The molecular weight excluding hydrogens is 324 g/mol. The fourth-order valence-corrected chi connectivity index (χ4v) is 3.24. The highest BCUT2D eigenvalue weighted by molar-refractivity contribution is 5.40. The minimum atomic E-state index is 0.995. The zero-order chi connectivity index (χ0) is 20.1. The highest BCUT2D eigenvalue weighted by Crippen LogP contribution is 2.30. The van der Waals surface area contributed by atoms with Crippen molar-refractivity contribution in [3.63, 3.8) is 0 Å². The predicted molar refractivity (Wildman–Crippen MR) is 123 cm³/mol. The Bertz CT molecular complexity index is 682. The molecule has 1 aliphatic rings. The van der Waals surface area contributed by atoms with E-state index in [1.54, 1.807) is 0 Å². The molecule has 0 aliphatic heterocycles. The van der Waals surface area contributed by atoms with Gasteiger partial charge in [0.2, 0.25) is 0 Å². The lowest BCUT2D eigenvalue weighted by atomic mass is 9.88. The first-order valence-electron chi connectivity index (χ1n) is 10.5. The Kier molecular flexibility index (Phi) is 11.2. The van der Waals surface area contributed by atoms with Gasteiger partial charge in [0.25, 0.3) is 0 Å². The second-order valence-electron chi connectivity index (χ2n) is 7.40. The van der Waals surface area contributed by atoms with Gasteiger partial charge < -0.3 is 0 Å². The van der Waals surface area contributed by atoms with E-state index < -0.39 is 0 Å². The van der Waals surface area contributed by atoms with E-state index in [0.717, 1.165) is 44.9 Å².